The number of carbonyl (C=O) groups excluding carboxylic acids is 1. The third-order valence-electron chi connectivity index (χ3n) is 11.0. The number of nitrogens with one attached hydrogen (secondary N) is 1. The molecule has 0 spiro atoms. The second kappa shape index (κ2) is 15.5. The molecule has 1 N–H and O–H groups in total. The maximum absolute atomic E-state index is 13.4. The summed E-state index contributed by atoms with van der Waals surface area (Å²) in [4.78, 5) is 23.8. The topological polar surface area (TPSA) is 90.8 Å². The number of hydrogen-bond donors (Lipinski definition) is 1. The first-order valence-corrected chi connectivity index (χ1v) is 20.1. The molecule has 1 saturated carbocycles. The lowest BCUT2D eigenvalue weighted by Crippen LogP contribution is -2.54. The number of imidazole rings is 1. The van der Waals surface area contributed by atoms with Gasteiger partial charge in [-0.15, -0.1) is 0 Å². The molecule has 6 heterocycles. The van der Waals surface area contributed by atoms with Crippen molar-refractivity contribution in [2.75, 3.05) is 0 Å². The third kappa shape index (κ3) is 7.51. The number of amides is 1. The minimum absolute atomic E-state index is 0.113. The van der Waals surface area contributed by atoms with Crippen LogP contribution < -0.4 is 10.2 Å². The van der Waals surface area contributed by atoms with E-state index in [0.717, 1.165) is 76.1 Å². The SMILES string of the molecule is CC.CC.CC.CC1Oc2cc(-c3cnc(C4C5CCC(CC5)N4C(=O)OC(C)(C)C)[nH]3)ccc2-c2cc3cc(B4OC(C)(C)C(C)(C)O4)ccc3n21. The number of aromatic nitrogens is 3. The van der Waals surface area contributed by atoms with Gasteiger partial charge in [-0.05, 0) is 117 Å². The Morgan fingerprint density at radius 3 is 2.17 bits per heavy atom. The average molecular weight is 727 g/mol. The van der Waals surface area contributed by atoms with Crippen molar-refractivity contribution in [3.8, 4) is 28.3 Å². The number of carbonyl (C=O) groups is 1. The first-order chi connectivity index (χ1) is 25.2. The number of benzene rings is 2. The van der Waals surface area contributed by atoms with E-state index >= 15 is 0 Å². The molecule has 9 rings (SSSR count). The Morgan fingerprint density at radius 2 is 1.55 bits per heavy atom. The number of aromatic amines is 1. The summed E-state index contributed by atoms with van der Waals surface area (Å²) in [6.07, 6.45) is 5.68. The lowest BCUT2D eigenvalue weighted by atomic mass is 9.74. The Morgan fingerprint density at radius 1 is 0.906 bits per heavy atom. The van der Waals surface area contributed by atoms with Crippen LogP contribution in [-0.2, 0) is 14.0 Å². The lowest BCUT2D eigenvalue weighted by molar-refractivity contribution is -0.0439. The Hall–Kier alpha value is -3.76. The van der Waals surface area contributed by atoms with Crippen LogP contribution in [0.4, 0.5) is 4.79 Å². The first kappa shape index (κ1) is 40.4. The van der Waals surface area contributed by atoms with Gasteiger partial charge >= 0.3 is 13.2 Å². The number of rotatable bonds is 3. The standard InChI is InChI=1S/C37H45BN4O5.3C2H6/c1-21-41-29-16-12-25(38-46-36(5,6)37(7,8)47-38)17-24(29)18-30(41)27-15-11-23(19-31(27)44-21)28-20-39-33(40-28)32-22-9-13-26(14-10-22)42(32)34(43)45-35(2,3)4;3*1-2/h11-12,15-22,26,32H,9-10,13-14H2,1-8H3,(H,39,40);3*1-2H3. The summed E-state index contributed by atoms with van der Waals surface area (Å²) < 4.78 is 27.3. The van der Waals surface area contributed by atoms with Crippen molar-refractivity contribution in [1.29, 1.82) is 0 Å². The van der Waals surface area contributed by atoms with Gasteiger partial charge in [-0.2, -0.15) is 0 Å². The van der Waals surface area contributed by atoms with E-state index in [0.29, 0.717) is 5.92 Å². The Bertz CT molecular complexity index is 1860. The van der Waals surface area contributed by atoms with Crippen molar-refractivity contribution in [3.05, 3.63) is 54.5 Å². The number of ether oxygens (including phenoxy) is 2. The van der Waals surface area contributed by atoms with E-state index in [9.17, 15) is 4.79 Å². The van der Waals surface area contributed by atoms with E-state index in [4.69, 9.17) is 23.8 Å². The molecule has 1 aliphatic carbocycles. The Balaban J connectivity index is 0.000000861. The van der Waals surface area contributed by atoms with Crippen LogP contribution in [0.15, 0.2) is 48.7 Å². The molecule has 53 heavy (non-hydrogen) atoms. The fourth-order valence-corrected chi connectivity index (χ4v) is 7.93. The van der Waals surface area contributed by atoms with Crippen LogP contribution >= 0.6 is 0 Å². The Labute approximate surface area is 318 Å². The molecule has 5 aliphatic rings. The predicted octanol–water partition coefficient (Wildman–Crippen LogP) is 10.8. The summed E-state index contributed by atoms with van der Waals surface area (Å²) in [6.45, 7) is 28.2. The molecular weight excluding hydrogens is 663 g/mol. The van der Waals surface area contributed by atoms with E-state index < -0.39 is 23.9 Å². The van der Waals surface area contributed by atoms with Gasteiger partial charge in [-0.1, -0.05) is 59.7 Å². The van der Waals surface area contributed by atoms with Crippen molar-refractivity contribution < 1.29 is 23.6 Å². The zero-order chi connectivity index (χ0) is 39.0. The smallest absolute Gasteiger partial charge is 0.470 e. The van der Waals surface area contributed by atoms with Crippen LogP contribution in [-0.4, -0.2) is 55.5 Å². The average Bonchev–Trinajstić information content (AvgIpc) is 3.84. The first-order valence-electron chi connectivity index (χ1n) is 20.1. The molecule has 288 valence electrons. The maximum Gasteiger partial charge on any atom is 0.494 e. The zero-order valence-corrected chi connectivity index (χ0v) is 34.7. The molecule has 2 aromatic carbocycles. The Kier molecular flexibility index (Phi) is 11.9. The van der Waals surface area contributed by atoms with E-state index in [1.54, 1.807) is 0 Å². The molecule has 0 radical (unpaired) electrons. The summed E-state index contributed by atoms with van der Waals surface area (Å²) in [5.74, 6) is 2.02. The molecule has 2 atom stereocenters. The molecule has 9 nitrogen and oxygen atoms in total. The second-order valence-corrected chi connectivity index (χ2v) is 15.8. The highest BCUT2D eigenvalue weighted by molar-refractivity contribution is 6.62. The van der Waals surface area contributed by atoms with E-state index in [-0.39, 0.29) is 24.4 Å². The van der Waals surface area contributed by atoms with Gasteiger partial charge in [0, 0.05) is 22.6 Å². The van der Waals surface area contributed by atoms with Crippen molar-refractivity contribution >= 4 is 29.6 Å². The summed E-state index contributed by atoms with van der Waals surface area (Å²) in [5, 5.41) is 1.12. The van der Waals surface area contributed by atoms with Gasteiger partial charge in [0.15, 0.2) is 6.23 Å². The van der Waals surface area contributed by atoms with Crippen LogP contribution in [0, 0.1) is 5.92 Å². The van der Waals surface area contributed by atoms with Gasteiger partial charge in [0.2, 0.25) is 0 Å². The monoisotopic (exact) mass is 726 g/mol. The summed E-state index contributed by atoms with van der Waals surface area (Å²) in [7, 11) is -0.413. The minimum Gasteiger partial charge on any atom is -0.470 e. The van der Waals surface area contributed by atoms with Crippen LogP contribution in [0.3, 0.4) is 0 Å². The second-order valence-electron chi connectivity index (χ2n) is 15.8. The number of hydrogen-bond acceptors (Lipinski definition) is 6. The van der Waals surface area contributed by atoms with Gasteiger partial charge in [0.1, 0.15) is 17.2 Å². The number of nitrogens with zero attached hydrogens (tertiary/aromatic N) is 3. The molecule has 2 bridgehead atoms. The van der Waals surface area contributed by atoms with Gasteiger partial charge in [-0.3, -0.25) is 4.90 Å². The van der Waals surface area contributed by atoms with E-state index in [2.05, 4.69) is 86.6 Å². The van der Waals surface area contributed by atoms with Crippen LogP contribution in [0.1, 0.15) is 141 Å². The molecule has 4 aromatic rings. The predicted molar refractivity (Wildman–Crippen MR) is 217 cm³/mol. The number of piperidine rings is 2. The molecule has 2 unspecified atom stereocenters. The molecule has 1 amide bonds. The van der Waals surface area contributed by atoms with Crippen molar-refractivity contribution in [2.24, 2.45) is 5.92 Å². The van der Waals surface area contributed by atoms with E-state index in [1.807, 2.05) is 73.4 Å². The van der Waals surface area contributed by atoms with Crippen LogP contribution in [0.25, 0.3) is 33.4 Å². The number of fused-ring (bicyclic) bond motifs is 8. The van der Waals surface area contributed by atoms with Gasteiger partial charge in [0.05, 0.1) is 40.3 Å². The van der Waals surface area contributed by atoms with Crippen LogP contribution in [0.2, 0.25) is 0 Å². The maximum atomic E-state index is 13.4. The fraction of sp³-hybridized carbons (Fsp3) is 0.581. The van der Waals surface area contributed by atoms with Gasteiger partial charge in [0.25, 0.3) is 0 Å². The van der Waals surface area contributed by atoms with Gasteiger partial charge in [-0.25, -0.2) is 9.78 Å². The van der Waals surface area contributed by atoms with Crippen molar-refractivity contribution in [2.45, 2.75) is 158 Å². The number of H-pyrrole nitrogens is 1. The molecule has 2 aromatic heterocycles. The summed E-state index contributed by atoms with van der Waals surface area (Å²) in [5.41, 5.74) is 4.84. The normalized spacial score (nSPS) is 23.3. The highest BCUT2D eigenvalue weighted by Gasteiger charge is 2.52. The largest absolute Gasteiger partial charge is 0.494 e. The molecule has 4 fully saturated rings. The van der Waals surface area contributed by atoms with Crippen molar-refractivity contribution in [3.63, 3.8) is 0 Å². The lowest BCUT2D eigenvalue weighted by Gasteiger charge is -2.50. The highest BCUT2D eigenvalue weighted by Crippen LogP contribution is 2.48. The molecule has 4 aliphatic heterocycles. The fourth-order valence-electron chi connectivity index (χ4n) is 7.93. The highest BCUT2D eigenvalue weighted by atomic mass is 16.7. The molecule has 10 heteroatoms. The van der Waals surface area contributed by atoms with Gasteiger partial charge < -0.3 is 28.3 Å². The molecular formula is C43H63BN4O5. The zero-order valence-electron chi connectivity index (χ0n) is 34.7. The summed E-state index contributed by atoms with van der Waals surface area (Å²) in [6, 6.07) is 15.1. The quantitative estimate of drug-likeness (QED) is 0.211. The summed E-state index contributed by atoms with van der Waals surface area (Å²) >= 11 is 0. The van der Waals surface area contributed by atoms with E-state index in [1.165, 1.54) is 0 Å². The minimum atomic E-state index is -0.548. The molecule has 3 saturated heterocycles. The third-order valence-corrected chi connectivity index (χ3v) is 11.0. The van der Waals surface area contributed by atoms with Crippen molar-refractivity contribution in [1.82, 2.24) is 19.4 Å². The van der Waals surface area contributed by atoms with Crippen LogP contribution in [0.5, 0.6) is 5.75 Å².